The zero-order chi connectivity index (χ0) is 11.9. The van der Waals surface area contributed by atoms with Crippen molar-refractivity contribution in [2.45, 2.75) is 18.9 Å². The Morgan fingerprint density at radius 2 is 2.24 bits per heavy atom. The molecule has 4 heteroatoms. The van der Waals surface area contributed by atoms with Crippen LogP contribution in [0, 0.1) is 0 Å². The Morgan fingerprint density at radius 3 is 2.94 bits per heavy atom. The van der Waals surface area contributed by atoms with E-state index in [4.69, 9.17) is 4.74 Å². The first-order valence-corrected chi connectivity index (χ1v) is 6.05. The number of rotatable bonds is 5. The van der Waals surface area contributed by atoms with E-state index in [2.05, 4.69) is 10.6 Å². The first-order chi connectivity index (χ1) is 8.36. The molecule has 1 aromatic carbocycles. The molecule has 0 unspecified atom stereocenters. The maximum Gasteiger partial charge on any atom is 0.237 e. The highest BCUT2D eigenvalue weighted by Gasteiger charge is 2.21. The number of carbonyl (C=O) groups excluding carboxylic acids is 1. The molecule has 0 saturated carbocycles. The fraction of sp³-hybridized carbons (Fsp3) is 0.462. The number of para-hydroxylation sites is 1. The Bertz CT molecular complexity index is 348. The molecule has 17 heavy (non-hydrogen) atoms. The van der Waals surface area contributed by atoms with Crippen LogP contribution >= 0.6 is 0 Å². The Morgan fingerprint density at radius 1 is 1.41 bits per heavy atom. The number of nitrogens with one attached hydrogen (secondary N) is 2. The smallest absolute Gasteiger partial charge is 0.237 e. The first-order valence-electron chi connectivity index (χ1n) is 6.05. The summed E-state index contributed by atoms with van der Waals surface area (Å²) in [5.74, 6) is 0.917. The molecule has 1 fully saturated rings. The first kappa shape index (κ1) is 11.9. The van der Waals surface area contributed by atoms with Gasteiger partial charge in [-0.2, -0.15) is 0 Å². The van der Waals surface area contributed by atoms with E-state index in [-0.39, 0.29) is 11.9 Å². The summed E-state index contributed by atoms with van der Waals surface area (Å²) in [4.78, 5) is 11.6. The molecule has 0 aliphatic carbocycles. The van der Waals surface area contributed by atoms with Crippen molar-refractivity contribution in [3.8, 4) is 5.75 Å². The summed E-state index contributed by atoms with van der Waals surface area (Å²) in [5.41, 5.74) is 0. The second kappa shape index (κ2) is 6.25. The van der Waals surface area contributed by atoms with Crippen molar-refractivity contribution < 1.29 is 9.53 Å². The minimum absolute atomic E-state index is 0.00766. The fourth-order valence-electron chi connectivity index (χ4n) is 1.89. The maximum absolute atomic E-state index is 11.6. The maximum atomic E-state index is 11.6. The Kier molecular flexibility index (Phi) is 4.38. The van der Waals surface area contributed by atoms with Gasteiger partial charge >= 0.3 is 0 Å². The number of ether oxygens (including phenoxy) is 1. The summed E-state index contributed by atoms with van der Waals surface area (Å²) < 4.78 is 5.48. The third-order valence-corrected chi connectivity index (χ3v) is 2.79. The zero-order valence-corrected chi connectivity index (χ0v) is 9.82. The zero-order valence-electron chi connectivity index (χ0n) is 9.82. The third-order valence-electron chi connectivity index (χ3n) is 2.79. The van der Waals surface area contributed by atoms with E-state index in [9.17, 15) is 4.79 Å². The molecule has 1 saturated heterocycles. The molecule has 1 aromatic rings. The van der Waals surface area contributed by atoms with Crippen molar-refractivity contribution in [2.75, 3.05) is 19.7 Å². The van der Waals surface area contributed by atoms with E-state index in [0.29, 0.717) is 13.2 Å². The molecule has 1 aliphatic rings. The highest BCUT2D eigenvalue weighted by molar-refractivity contribution is 5.81. The average Bonchev–Trinajstić information content (AvgIpc) is 2.89. The second-order valence-electron chi connectivity index (χ2n) is 4.10. The van der Waals surface area contributed by atoms with Crippen LogP contribution in [0.3, 0.4) is 0 Å². The lowest BCUT2D eigenvalue weighted by atomic mass is 10.2. The predicted octanol–water partition coefficient (Wildman–Crippen LogP) is 0.934. The van der Waals surface area contributed by atoms with Gasteiger partial charge in [-0.15, -0.1) is 0 Å². The summed E-state index contributed by atoms with van der Waals surface area (Å²) in [6.07, 6.45) is 2.02. The highest BCUT2D eigenvalue weighted by Crippen LogP contribution is 2.07. The normalized spacial score (nSPS) is 18.9. The minimum Gasteiger partial charge on any atom is -0.492 e. The number of amides is 1. The lowest BCUT2D eigenvalue weighted by Crippen LogP contribution is -2.41. The van der Waals surface area contributed by atoms with E-state index in [1.807, 2.05) is 30.3 Å². The molecular formula is C13H18N2O2. The van der Waals surface area contributed by atoms with Gasteiger partial charge in [-0.25, -0.2) is 0 Å². The molecule has 0 aromatic heterocycles. The highest BCUT2D eigenvalue weighted by atomic mass is 16.5. The van der Waals surface area contributed by atoms with Crippen molar-refractivity contribution >= 4 is 5.91 Å². The Hall–Kier alpha value is -1.55. The standard InChI is InChI=1S/C13H18N2O2/c16-13(12-7-4-8-14-12)15-9-10-17-11-5-2-1-3-6-11/h1-3,5-6,12,14H,4,7-10H2,(H,15,16)/t12-/m0/s1. The number of hydrogen-bond acceptors (Lipinski definition) is 3. The van der Waals surface area contributed by atoms with Gasteiger partial charge in [0.05, 0.1) is 12.6 Å². The Labute approximate surface area is 101 Å². The van der Waals surface area contributed by atoms with Crippen molar-refractivity contribution in [1.29, 1.82) is 0 Å². The van der Waals surface area contributed by atoms with E-state index in [1.165, 1.54) is 0 Å². The van der Waals surface area contributed by atoms with Crippen LogP contribution in [-0.2, 0) is 4.79 Å². The van der Waals surface area contributed by atoms with Crippen LogP contribution in [-0.4, -0.2) is 31.6 Å². The summed E-state index contributed by atoms with van der Waals surface area (Å²) >= 11 is 0. The predicted molar refractivity (Wildman–Crippen MR) is 66.0 cm³/mol. The van der Waals surface area contributed by atoms with Gasteiger partial charge in [0.15, 0.2) is 0 Å². The quantitative estimate of drug-likeness (QED) is 0.745. The minimum atomic E-state index is -0.00766. The van der Waals surface area contributed by atoms with E-state index >= 15 is 0 Å². The van der Waals surface area contributed by atoms with Crippen LogP contribution in [0.25, 0.3) is 0 Å². The van der Waals surface area contributed by atoms with Gasteiger partial charge in [-0.1, -0.05) is 18.2 Å². The van der Waals surface area contributed by atoms with Crippen LogP contribution < -0.4 is 15.4 Å². The molecule has 2 N–H and O–H groups in total. The molecule has 1 heterocycles. The topological polar surface area (TPSA) is 50.4 Å². The molecule has 0 radical (unpaired) electrons. The summed E-state index contributed by atoms with van der Waals surface area (Å²) in [6, 6.07) is 9.60. The fourth-order valence-corrected chi connectivity index (χ4v) is 1.89. The van der Waals surface area contributed by atoms with E-state index < -0.39 is 0 Å². The second-order valence-corrected chi connectivity index (χ2v) is 4.10. The van der Waals surface area contributed by atoms with Gasteiger partial charge < -0.3 is 15.4 Å². The largest absolute Gasteiger partial charge is 0.492 e. The van der Waals surface area contributed by atoms with Gasteiger partial charge in [0, 0.05) is 0 Å². The number of hydrogen-bond donors (Lipinski definition) is 2. The van der Waals surface area contributed by atoms with Crippen molar-refractivity contribution in [3.63, 3.8) is 0 Å². The Balaban J connectivity index is 1.61. The van der Waals surface area contributed by atoms with Gasteiger partial charge in [-0.3, -0.25) is 4.79 Å². The van der Waals surface area contributed by atoms with Crippen molar-refractivity contribution in [1.82, 2.24) is 10.6 Å². The van der Waals surface area contributed by atoms with E-state index in [1.54, 1.807) is 0 Å². The molecule has 4 nitrogen and oxygen atoms in total. The molecule has 0 spiro atoms. The molecule has 1 amide bonds. The summed E-state index contributed by atoms with van der Waals surface area (Å²) in [7, 11) is 0. The lowest BCUT2D eigenvalue weighted by Gasteiger charge is -2.11. The van der Waals surface area contributed by atoms with Gasteiger partial charge in [0.1, 0.15) is 12.4 Å². The van der Waals surface area contributed by atoms with Crippen molar-refractivity contribution in [2.24, 2.45) is 0 Å². The number of benzene rings is 1. The van der Waals surface area contributed by atoms with Crippen molar-refractivity contribution in [3.05, 3.63) is 30.3 Å². The lowest BCUT2D eigenvalue weighted by molar-refractivity contribution is -0.122. The average molecular weight is 234 g/mol. The van der Waals surface area contributed by atoms with Gasteiger partial charge in [0.2, 0.25) is 5.91 Å². The van der Waals surface area contributed by atoms with Crippen LogP contribution in [0.1, 0.15) is 12.8 Å². The van der Waals surface area contributed by atoms with Crippen LogP contribution in [0.2, 0.25) is 0 Å². The monoisotopic (exact) mass is 234 g/mol. The van der Waals surface area contributed by atoms with Crippen LogP contribution in [0.15, 0.2) is 30.3 Å². The van der Waals surface area contributed by atoms with Gasteiger partial charge in [0.25, 0.3) is 0 Å². The number of carbonyl (C=O) groups is 1. The SMILES string of the molecule is O=C(NCCOc1ccccc1)[C@@H]1CCCN1. The summed E-state index contributed by atoms with van der Waals surface area (Å²) in [6.45, 7) is 1.99. The van der Waals surface area contributed by atoms with E-state index in [0.717, 1.165) is 25.1 Å². The molecule has 92 valence electrons. The summed E-state index contributed by atoms with van der Waals surface area (Å²) in [5, 5.41) is 6.03. The third kappa shape index (κ3) is 3.75. The molecule has 1 aliphatic heterocycles. The molecule has 0 bridgehead atoms. The molecule has 2 rings (SSSR count). The van der Waals surface area contributed by atoms with Crippen LogP contribution in [0.4, 0.5) is 0 Å². The van der Waals surface area contributed by atoms with Gasteiger partial charge in [-0.05, 0) is 31.5 Å². The van der Waals surface area contributed by atoms with Crippen LogP contribution in [0.5, 0.6) is 5.75 Å². The molecular weight excluding hydrogens is 216 g/mol. The molecule has 1 atom stereocenters.